The van der Waals surface area contributed by atoms with Gasteiger partial charge in [0.25, 0.3) is 0 Å². The average molecular weight is 253 g/mol. The number of thioether (sulfide) groups is 1. The van der Waals surface area contributed by atoms with Crippen LogP contribution in [0.3, 0.4) is 0 Å². The first-order valence-electron chi connectivity index (χ1n) is 5.73. The summed E-state index contributed by atoms with van der Waals surface area (Å²) < 4.78 is 0. The molecule has 0 atom stereocenters. The minimum atomic E-state index is 0.0367. The van der Waals surface area contributed by atoms with Gasteiger partial charge in [-0.3, -0.25) is 4.79 Å². The van der Waals surface area contributed by atoms with Crippen LogP contribution in [0.1, 0.15) is 24.5 Å². The molecule has 0 unspecified atom stereocenters. The molecule has 94 valence electrons. The van der Waals surface area contributed by atoms with Crippen LogP contribution in [0.15, 0.2) is 24.3 Å². The Balaban J connectivity index is 2.11. The van der Waals surface area contributed by atoms with E-state index in [0.29, 0.717) is 0 Å². The Morgan fingerprint density at radius 3 is 2.53 bits per heavy atom. The molecule has 0 aliphatic heterocycles. The number of hydrogen-bond donors (Lipinski definition) is 2. The zero-order valence-electron chi connectivity index (χ0n) is 10.1. The quantitative estimate of drug-likeness (QED) is 0.730. The number of amides is 1. The number of nitrogens with one attached hydrogen (secondary N) is 1. The van der Waals surface area contributed by atoms with Crippen molar-refractivity contribution in [2.75, 3.05) is 12.3 Å². The van der Waals surface area contributed by atoms with Gasteiger partial charge >= 0.3 is 0 Å². The lowest BCUT2D eigenvalue weighted by Crippen LogP contribution is -2.21. The van der Waals surface area contributed by atoms with Gasteiger partial charge in [0, 0.05) is 19.2 Å². The Hall–Kier alpha value is -1.00. The van der Waals surface area contributed by atoms with E-state index in [4.69, 9.17) is 5.11 Å². The van der Waals surface area contributed by atoms with Crippen LogP contribution in [-0.4, -0.2) is 23.3 Å². The maximum Gasteiger partial charge on any atom is 0.216 e. The molecule has 0 saturated carbocycles. The average Bonchev–Trinajstić information content (AvgIpc) is 2.34. The lowest BCUT2D eigenvalue weighted by molar-refractivity contribution is -0.118. The first kappa shape index (κ1) is 14.1. The molecule has 17 heavy (non-hydrogen) atoms. The van der Waals surface area contributed by atoms with Crippen LogP contribution in [0.4, 0.5) is 0 Å². The van der Waals surface area contributed by atoms with Gasteiger partial charge in [0.2, 0.25) is 5.91 Å². The van der Waals surface area contributed by atoms with Gasteiger partial charge < -0.3 is 10.4 Å². The van der Waals surface area contributed by atoms with E-state index in [2.05, 4.69) is 5.32 Å². The SMILES string of the molecule is CC(=O)NCCCSCc1ccc(CO)cc1. The molecule has 1 aromatic carbocycles. The number of hydrogen-bond acceptors (Lipinski definition) is 3. The topological polar surface area (TPSA) is 49.3 Å². The van der Waals surface area contributed by atoms with E-state index in [9.17, 15) is 4.79 Å². The lowest BCUT2D eigenvalue weighted by atomic mass is 10.2. The summed E-state index contributed by atoms with van der Waals surface area (Å²) in [6.45, 7) is 2.39. The molecule has 0 aromatic heterocycles. The fourth-order valence-corrected chi connectivity index (χ4v) is 2.29. The Kier molecular flexibility index (Phi) is 6.74. The summed E-state index contributed by atoms with van der Waals surface area (Å²) in [5, 5.41) is 11.7. The van der Waals surface area contributed by atoms with Crippen molar-refractivity contribution in [1.82, 2.24) is 5.32 Å². The molecule has 0 spiro atoms. The Bertz CT molecular complexity index is 338. The predicted molar refractivity (Wildman–Crippen MR) is 71.8 cm³/mol. The highest BCUT2D eigenvalue weighted by molar-refractivity contribution is 7.98. The van der Waals surface area contributed by atoms with Crippen LogP contribution in [0.2, 0.25) is 0 Å². The van der Waals surface area contributed by atoms with Crippen LogP contribution in [0.5, 0.6) is 0 Å². The van der Waals surface area contributed by atoms with Gasteiger partial charge in [0.15, 0.2) is 0 Å². The molecule has 0 heterocycles. The molecule has 3 nitrogen and oxygen atoms in total. The molecule has 0 saturated heterocycles. The van der Waals surface area contributed by atoms with Gasteiger partial charge in [-0.2, -0.15) is 11.8 Å². The predicted octanol–water partition coefficient (Wildman–Crippen LogP) is 1.94. The summed E-state index contributed by atoms with van der Waals surface area (Å²) >= 11 is 1.86. The van der Waals surface area contributed by atoms with Gasteiger partial charge in [-0.15, -0.1) is 0 Å². The van der Waals surface area contributed by atoms with E-state index in [-0.39, 0.29) is 12.5 Å². The number of aliphatic hydroxyl groups excluding tert-OH is 1. The van der Waals surface area contributed by atoms with Crippen LogP contribution < -0.4 is 5.32 Å². The third kappa shape index (κ3) is 6.34. The highest BCUT2D eigenvalue weighted by Gasteiger charge is 1.96. The number of aliphatic hydroxyl groups is 1. The van der Waals surface area contributed by atoms with E-state index < -0.39 is 0 Å². The maximum absolute atomic E-state index is 10.6. The smallest absolute Gasteiger partial charge is 0.216 e. The van der Waals surface area contributed by atoms with Crippen LogP contribution in [0, 0.1) is 0 Å². The summed E-state index contributed by atoms with van der Waals surface area (Å²) in [5.41, 5.74) is 2.22. The van der Waals surface area contributed by atoms with Crippen molar-refractivity contribution in [3.8, 4) is 0 Å². The monoisotopic (exact) mass is 253 g/mol. The van der Waals surface area contributed by atoms with Crippen molar-refractivity contribution in [2.24, 2.45) is 0 Å². The second kappa shape index (κ2) is 8.14. The number of benzene rings is 1. The van der Waals surface area contributed by atoms with E-state index in [0.717, 1.165) is 30.0 Å². The highest BCUT2D eigenvalue weighted by Crippen LogP contribution is 2.13. The first-order chi connectivity index (χ1) is 8.22. The normalized spacial score (nSPS) is 10.2. The number of carbonyl (C=O) groups is 1. The van der Waals surface area contributed by atoms with E-state index in [1.807, 2.05) is 36.0 Å². The Labute approximate surface area is 107 Å². The van der Waals surface area contributed by atoms with Crippen molar-refractivity contribution < 1.29 is 9.90 Å². The zero-order valence-corrected chi connectivity index (χ0v) is 10.9. The lowest BCUT2D eigenvalue weighted by Gasteiger charge is -2.04. The molecular formula is C13H19NO2S. The molecule has 0 fully saturated rings. The van der Waals surface area contributed by atoms with Crippen molar-refractivity contribution in [2.45, 2.75) is 25.7 Å². The van der Waals surface area contributed by atoms with Crippen LogP contribution in [-0.2, 0) is 17.2 Å². The zero-order chi connectivity index (χ0) is 12.5. The largest absolute Gasteiger partial charge is 0.392 e. The van der Waals surface area contributed by atoms with Crippen molar-refractivity contribution in [3.63, 3.8) is 0 Å². The van der Waals surface area contributed by atoms with Gasteiger partial charge in [-0.1, -0.05) is 24.3 Å². The molecule has 1 rings (SSSR count). The van der Waals surface area contributed by atoms with Crippen molar-refractivity contribution in [3.05, 3.63) is 35.4 Å². The van der Waals surface area contributed by atoms with Crippen LogP contribution >= 0.6 is 11.8 Å². The minimum absolute atomic E-state index is 0.0367. The van der Waals surface area contributed by atoms with E-state index >= 15 is 0 Å². The molecule has 0 aliphatic rings. The van der Waals surface area contributed by atoms with Gasteiger partial charge in [-0.05, 0) is 23.3 Å². The molecule has 0 bridgehead atoms. The standard InChI is InChI=1S/C13H19NO2S/c1-11(16)14-7-2-8-17-10-13-5-3-12(9-15)4-6-13/h3-6,15H,2,7-10H2,1H3,(H,14,16). The summed E-state index contributed by atoms with van der Waals surface area (Å²) in [4.78, 5) is 10.6. The molecule has 2 N–H and O–H groups in total. The fraction of sp³-hybridized carbons (Fsp3) is 0.462. The van der Waals surface area contributed by atoms with E-state index in [1.165, 1.54) is 12.5 Å². The maximum atomic E-state index is 10.6. The van der Waals surface area contributed by atoms with Gasteiger partial charge in [-0.25, -0.2) is 0 Å². The Morgan fingerprint density at radius 2 is 1.94 bits per heavy atom. The third-order valence-electron chi connectivity index (χ3n) is 2.31. The Morgan fingerprint density at radius 1 is 1.29 bits per heavy atom. The molecule has 0 radical (unpaired) electrons. The molecule has 1 amide bonds. The second-order valence-corrected chi connectivity index (χ2v) is 4.97. The summed E-state index contributed by atoms with van der Waals surface area (Å²) in [6.07, 6.45) is 0.999. The minimum Gasteiger partial charge on any atom is -0.392 e. The summed E-state index contributed by atoms with van der Waals surface area (Å²) in [7, 11) is 0. The summed E-state index contributed by atoms with van der Waals surface area (Å²) in [5.74, 6) is 2.06. The van der Waals surface area contributed by atoms with Crippen LogP contribution in [0.25, 0.3) is 0 Å². The summed E-state index contributed by atoms with van der Waals surface area (Å²) in [6, 6.07) is 8.00. The molecule has 1 aromatic rings. The van der Waals surface area contributed by atoms with Gasteiger partial charge in [0.05, 0.1) is 6.61 Å². The van der Waals surface area contributed by atoms with Crippen molar-refractivity contribution in [1.29, 1.82) is 0 Å². The highest BCUT2D eigenvalue weighted by atomic mass is 32.2. The van der Waals surface area contributed by atoms with Crippen molar-refractivity contribution >= 4 is 17.7 Å². The molecule has 4 heteroatoms. The fourth-order valence-electron chi connectivity index (χ4n) is 1.37. The number of carbonyl (C=O) groups excluding carboxylic acids is 1. The number of rotatable bonds is 7. The van der Waals surface area contributed by atoms with E-state index in [1.54, 1.807) is 0 Å². The first-order valence-corrected chi connectivity index (χ1v) is 6.88. The molecule has 0 aliphatic carbocycles. The molecular weight excluding hydrogens is 234 g/mol. The van der Waals surface area contributed by atoms with Gasteiger partial charge in [0.1, 0.15) is 0 Å². The third-order valence-corrected chi connectivity index (χ3v) is 3.43. The second-order valence-electron chi connectivity index (χ2n) is 3.86.